The number of benzene rings is 3. The zero-order chi connectivity index (χ0) is 22.8. The summed E-state index contributed by atoms with van der Waals surface area (Å²) in [5.41, 5.74) is -0.618. The van der Waals surface area contributed by atoms with E-state index >= 15 is 0 Å². The lowest BCUT2D eigenvalue weighted by Gasteiger charge is -2.11. The quantitative estimate of drug-likeness (QED) is 0.342. The molecule has 0 unspecified atom stereocenters. The van der Waals surface area contributed by atoms with Crippen molar-refractivity contribution in [3.05, 3.63) is 81.9 Å². The van der Waals surface area contributed by atoms with Crippen LogP contribution < -0.4 is 9.44 Å². The Balaban J connectivity index is 1.88. The Hall–Kier alpha value is -3.35. The first-order chi connectivity index (χ1) is 14.5. The van der Waals surface area contributed by atoms with E-state index in [2.05, 4.69) is 9.44 Å². The third-order valence-corrected chi connectivity index (χ3v) is 6.96. The predicted molar refractivity (Wildman–Crippen MR) is 114 cm³/mol. The van der Waals surface area contributed by atoms with Gasteiger partial charge in [-0.25, -0.2) is 16.8 Å². The molecule has 10 nitrogen and oxygen atoms in total. The Kier molecular flexibility index (Phi) is 6.06. The number of nitro groups is 1. The van der Waals surface area contributed by atoms with Gasteiger partial charge in [-0.3, -0.25) is 19.6 Å². The van der Waals surface area contributed by atoms with Gasteiger partial charge in [0, 0.05) is 16.8 Å². The van der Waals surface area contributed by atoms with Gasteiger partial charge in [0.05, 0.1) is 20.4 Å². The van der Waals surface area contributed by atoms with E-state index in [0.717, 1.165) is 18.2 Å². The first kappa shape index (κ1) is 22.3. The number of hydrogen-bond acceptors (Lipinski definition) is 7. The predicted octanol–water partition coefficient (Wildman–Crippen LogP) is 3.56. The van der Waals surface area contributed by atoms with Gasteiger partial charge in [-0.1, -0.05) is 17.7 Å². The van der Waals surface area contributed by atoms with Crippen molar-refractivity contribution in [1.82, 2.24) is 0 Å². The largest absolute Gasteiger partial charge is 0.502 e. The molecular formula is C18H14ClN3O7S2. The van der Waals surface area contributed by atoms with E-state index in [4.69, 9.17) is 11.6 Å². The Labute approximate surface area is 182 Å². The Bertz CT molecular complexity index is 1360. The smallest absolute Gasteiger partial charge is 0.312 e. The number of phenolic OH excluding ortho intramolecular Hbond substituents is 1. The number of halogens is 1. The molecule has 0 amide bonds. The summed E-state index contributed by atoms with van der Waals surface area (Å²) in [7, 11) is -8.35. The highest BCUT2D eigenvalue weighted by Crippen LogP contribution is 2.29. The molecular weight excluding hydrogens is 470 g/mol. The molecule has 0 bridgehead atoms. The van der Waals surface area contributed by atoms with Crippen LogP contribution in [0.2, 0.25) is 5.02 Å². The van der Waals surface area contributed by atoms with Crippen LogP contribution in [0.25, 0.3) is 0 Å². The van der Waals surface area contributed by atoms with Crippen LogP contribution in [-0.2, 0) is 20.0 Å². The molecule has 0 radical (unpaired) electrons. The zero-order valence-electron chi connectivity index (χ0n) is 15.4. The highest BCUT2D eigenvalue weighted by Gasteiger charge is 2.22. The van der Waals surface area contributed by atoms with Crippen LogP contribution in [0, 0.1) is 10.1 Å². The molecule has 3 aromatic rings. The molecule has 0 aliphatic heterocycles. The molecule has 3 N–H and O–H groups in total. The number of aromatic hydroxyl groups is 1. The Morgan fingerprint density at radius 3 is 2.00 bits per heavy atom. The van der Waals surface area contributed by atoms with Gasteiger partial charge in [-0.15, -0.1) is 0 Å². The van der Waals surface area contributed by atoms with Crippen LogP contribution in [-0.4, -0.2) is 26.9 Å². The van der Waals surface area contributed by atoms with E-state index in [9.17, 15) is 32.1 Å². The Morgan fingerprint density at radius 2 is 1.39 bits per heavy atom. The van der Waals surface area contributed by atoms with Crippen molar-refractivity contribution in [2.45, 2.75) is 9.79 Å². The second-order valence-electron chi connectivity index (χ2n) is 6.15. The summed E-state index contributed by atoms with van der Waals surface area (Å²) in [6, 6.07) is 13.5. The number of phenols is 1. The maximum atomic E-state index is 12.6. The number of nitro benzene ring substituents is 1. The first-order valence-electron chi connectivity index (χ1n) is 8.37. The molecule has 0 spiro atoms. The molecule has 0 aromatic heterocycles. The molecule has 0 fully saturated rings. The number of hydrogen-bond donors (Lipinski definition) is 3. The van der Waals surface area contributed by atoms with Crippen molar-refractivity contribution in [3.63, 3.8) is 0 Å². The van der Waals surface area contributed by atoms with Crippen LogP contribution in [0.3, 0.4) is 0 Å². The molecule has 31 heavy (non-hydrogen) atoms. The molecule has 3 rings (SSSR count). The van der Waals surface area contributed by atoms with Crippen LogP contribution in [0.5, 0.6) is 5.75 Å². The fraction of sp³-hybridized carbons (Fsp3) is 0. The summed E-state index contributed by atoms with van der Waals surface area (Å²) >= 11 is 5.77. The third-order valence-electron chi connectivity index (χ3n) is 3.95. The van der Waals surface area contributed by atoms with Crippen molar-refractivity contribution in [1.29, 1.82) is 0 Å². The van der Waals surface area contributed by atoms with Gasteiger partial charge in [0.2, 0.25) is 0 Å². The van der Waals surface area contributed by atoms with E-state index in [0.29, 0.717) is 11.1 Å². The van der Waals surface area contributed by atoms with E-state index in [1.165, 1.54) is 42.5 Å². The minimum Gasteiger partial charge on any atom is -0.502 e. The van der Waals surface area contributed by atoms with E-state index in [1.807, 2.05) is 0 Å². The summed E-state index contributed by atoms with van der Waals surface area (Å²) < 4.78 is 54.9. The minimum absolute atomic E-state index is 0.0882. The lowest BCUT2D eigenvalue weighted by atomic mass is 10.3. The maximum absolute atomic E-state index is 12.6. The maximum Gasteiger partial charge on any atom is 0.312 e. The molecule has 162 valence electrons. The second kappa shape index (κ2) is 8.41. The van der Waals surface area contributed by atoms with Crippen LogP contribution in [0.1, 0.15) is 0 Å². The zero-order valence-corrected chi connectivity index (χ0v) is 17.8. The Morgan fingerprint density at radius 1 is 0.806 bits per heavy atom. The van der Waals surface area contributed by atoms with Gasteiger partial charge < -0.3 is 5.11 Å². The summed E-state index contributed by atoms with van der Waals surface area (Å²) in [6.45, 7) is 0. The normalized spacial score (nSPS) is 11.6. The van der Waals surface area contributed by atoms with Gasteiger partial charge in [0.15, 0.2) is 5.75 Å². The number of anilines is 2. The van der Waals surface area contributed by atoms with Crippen molar-refractivity contribution in [2.75, 3.05) is 9.44 Å². The molecule has 0 aliphatic rings. The number of nitrogens with zero attached hydrogens (tertiary/aromatic N) is 1. The molecule has 0 heterocycles. The van der Waals surface area contributed by atoms with Crippen LogP contribution in [0.15, 0.2) is 76.5 Å². The van der Waals surface area contributed by atoms with E-state index < -0.39 is 41.3 Å². The average molecular weight is 484 g/mol. The molecule has 3 aromatic carbocycles. The summed E-state index contributed by atoms with van der Waals surface area (Å²) in [6.07, 6.45) is 0. The monoisotopic (exact) mass is 483 g/mol. The molecule has 0 saturated carbocycles. The van der Waals surface area contributed by atoms with Crippen LogP contribution in [0.4, 0.5) is 17.1 Å². The van der Waals surface area contributed by atoms with Gasteiger partial charge in [0.1, 0.15) is 0 Å². The lowest BCUT2D eigenvalue weighted by molar-refractivity contribution is -0.386. The highest BCUT2D eigenvalue weighted by molar-refractivity contribution is 7.93. The average Bonchev–Trinajstić information content (AvgIpc) is 2.69. The minimum atomic E-state index is -4.31. The summed E-state index contributed by atoms with van der Waals surface area (Å²) in [5.74, 6) is -0.690. The summed E-state index contributed by atoms with van der Waals surface area (Å²) in [5, 5.41) is 20.8. The van der Waals surface area contributed by atoms with E-state index in [-0.39, 0.29) is 16.3 Å². The van der Waals surface area contributed by atoms with Crippen LogP contribution >= 0.6 is 11.6 Å². The highest BCUT2D eigenvalue weighted by atomic mass is 35.5. The van der Waals surface area contributed by atoms with Gasteiger partial charge in [-0.05, 0) is 54.6 Å². The lowest BCUT2D eigenvalue weighted by Crippen LogP contribution is -2.15. The fourth-order valence-electron chi connectivity index (χ4n) is 2.49. The molecule has 13 heteroatoms. The fourth-order valence-corrected chi connectivity index (χ4v) is 4.79. The molecule has 0 saturated heterocycles. The molecule has 0 atom stereocenters. The van der Waals surface area contributed by atoms with Gasteiger partial charge in [-0.2, -0.15) is 0 Å². The standard InChI is InChI=1S/C18H14ClN3O7S2/c19-12-4-6-13(7-5-12)20-30(26,27)15-3-1-2-14(10-15)21-31(28,29)16-8-9-18(23)17(11-16)22(24)25/h1-11,20-21,23H. The van der Waals surface area contributed by atoms with Gasteiger partial charge >= 0.3 is 5.69 Å². The second-order valence-corrected chi connectivity index (χ2v) is 9.95. The number of sulfonamides is 2. The van der Waals surface area contributed by atoms with Crippen molar-refractivity contribution < 1.29 is 26.9 Å². The van der Waals surface area contributed by atoms with Crippen molar-refractivity contribution in [3.8, 4) is 5.75 Å². The topological polar surface area (TPSA) is 156 Å². The van der Waals surface area contributed by atoms with Gasteiger partial charge in [0.25, 0.3) is 20.0 Å². The van der Waals surface area contributed by atoms with E-state index in [1.54, 1.807) is 0 Å². The first-order valence-corrected chi connectivity index (χ1v) is 11.7. The SMILES string of the molecule is O=[N+]([O-])c1cc(S(=O)(=O)Nc2cccc(S(=O)(=O)Nc3ccc(Cl)cc3)c2)ccc1O. The third kappa shape index (κ3) is 5.23. The molecule has 0 aliphatic carbocycles. The summed E-state index contributed by atoms with van der Waals surface area (Å²) in [4.78, 5) is 9.30. The van der Waals surface area contributed by atoms with Crippen molar-refractivity contribution >= 4 is 48.7 Å². The number of nitrogens with one attached hydrogen (secondary N) is 2. The van der Waals surface area contributed by atoms with Crippen molar-refractivity contribution in [2.24, 2.45) is 0 Å². The number of rotatable bonds is 7.